The van der Waals surface area contributed by atoms with Crippen molar-refractivity contribution >= 4 is 22.6 Å². The molecule has 9 nitrogen and oxygen atoms in total. The van der Waals surface area contributed by atoms with Crippen LogP contribution in [0.1, 0.15) is 59.7 Å². The van der Waals surface area contributed by atoms with Gasteiger partial charge in [-0.25, -0.2) is 4.98 Å². The lowest BCUT2D eigenvalue weighted by Crippen LogP contribution is -2.35. The minimum atomic E-state index is -0.460. The van der Waals surface area contributed by atoms with Gasteiger partial charge in [-0.05, 0) is 24.5 Å². The molecule has 172 valence electrons. The molecule has 4 aromatic rings. The molecule has 0 aliphatic carbocycles. The number of nitrogens with one attached hydrogen (secondary N) is 1. The number of benzene rings is 1. The highest BCUT2D eigenvalue weighted by atomic mass is 16.1. The van der Waals surface area contributed by atoms with E-state index in [2.05, 4.69) is 56.1 Å². The van der Waals surface area contributed by atoms with Gasteiger partial charge in [0, 0.05) is 43.2 Å². The number of hydrogen-bond acceptors (Lipinski definition) is 5. The molecule has 0 fully saturated rings. The number of imidazole rings is 1. The first kappa shape index (κ1) is 21.2. The molecule has 9 heteroatoms. The van der Waals surface area contributed by atoms with E-state index in [0.717, 1.165) is 61.6 Å². The Bertz CT molecular complexity index is 1280. The first-order chi connectivity index (χ1) is 16.0. The zero-order valence-corrected chi connectivity index (χ0v) is 19.2. The van der Waals surface area contributed by atoms with Crippen LogP contribution in [0.3, 0.4) is 0 Å². The number of H-pyrrole nitrogens is 1. The summed E-state index contributed by atoms with van der Waals surface area (Å²) in [4.78, 5) is 22.8. The number of amides is 1. The third-order valence-electron chi connectivity index (χ3n) is 6.59. The molecule has 4 heterocycles. The fourth-order valence-electron chi connectivity index (χ4n) is 4.98. The van der Waals surface area contributed by atoms with Crippen LogP contribution in [0.4, 0.5) is 5.82 Å². The van der Waals surface area contributed by atoms with Gasteiger partial charge in [0.25, 0.3) is 5.91 Å². The lowest BCUT2D eigenvalue weighted by molar-refractivity contribution is 0.0994. The highest BCUT2D eigenvalue weighted by molar-refractivity contribution is 5.92. The van der Waals surface area contributed by atoms with Crippen LogP contribution in [-0.4, -0.2) is 42.0 Å². The van der Waals surface area contributed by atoms with Crippen molar-refractivity contribution in [2.24, 2.45) is 12.8 Å². The maximum atomic E-state index is 12.5. The molecule has 0 saturated heterocycles. The molecule has 0 radical (unpaired) electrons. The smallest absolute Gasteiger partial charge is 0.269 e. The molecular formula is C24H30N8O. The number of unbranched alkanes of at least 4 members (excludes halogenated alkanes) is 1. The molecule has 1 aliphatic rings. The molecule has 1 aliphatic heterocycles. The second-order valence-electron chi connectivity index (χ2n) is 8.85. The Labute approximate surface area is 192 Å². The van der Waals surface area contributed by atoms with E-state index in [1.165, 1.54) is 10.9 Å². The number of rotatable bonds is 8. The fourth-order valence-corrected chi connectivity index (χ4v) is 4.98. The average molecular weight is 447 g/mol. The molecule has 0 bridgehead atoms. The highest BCUT2D eigenvalue weighted by Crippen LogP contribution is 2.34. The fraction of sp³-hybridized carbons (Fsp3) is 0.417. The first-order valence-electron chi connectivity index (χ1n) is 11.6. The summed E-state index contributed by atoms with van der Waals surface area (Å²) in [6, 6.07) is 8.35. The molecule has 1 atom stereocenters. The van der Waals surface area contributed by atoms with Crippen molar-refractivity contribution in [2.45, 2.75) is 51.6 Å². The topological polar surface area (TPSA) is 111 Å². The van der Waals surface area contributed by atoms with E-state index in [0.29, 0.717) is 12.2 Å². The van der Waals surface area contributed by atoms with Crippen LogP contribution in [0.5, 0.6) is 0 Å². The third kappa shape index (κ3) is 3.99. The first-order valence-corrected chi connectivity index (χ1v) is 11.6. The lowest BCUT2D eigenvalue weighted by Gasteiger charge is -2.29. The van der Waals surface area contributed by atoms with Gasteiger partial charge >= 0.3 is 0 Å². The minimum Gasteiger partial charge on any atom is -0.364 e. The van der Waals surface area contributed by atoms with Crippen LogP contribution in [0.25, 0.3) is 10.9 Å². The Balaban J connectivity index is 1.52. The third-order valence-corrected chi connectivity index (χ3v) is 6.59. The summed E-state index contributed by atoms with van der Waals surface area (Å²) < 4.78 is 3.92. The number of nitrogens with zero attached hydrogens (tertiary/aromatic N) is 6. The van der Waals surface area contributed by atoms with Crippen LogP contribution < -0.4 is 10.6 Å². The zero-order valence-electron chi connectivity index (χ0n) is 19.2. The predicted molar refractivity (Wildman–Crippen MR) is 127 cm³/mol. The SMILES string of the molecule is CCCCC(Cc1c[nH]c2ccccc12)c1c(C(N)=O)nc2n1CCN(c1cn(C)nn1)C2. The largest absolute Gasteiger partial charge is 0.364 e. The van der Waals surface area contributed by atoms with Crippen molar-refractivity contribution in [3.05, 3.63) is 59.4 Å². The summed E-state index contributed by atoms with van der Waals surface area (Å²) in [5.41, 5.74) is 9.63. The minimum absolute atomic E-state index is 0.163. The number of primary amides is 1. The zero-order chi connectivity index (χ0) is 22.9. The standard InChI is InChI=1S/C24H30N8O/c1-3-4-7-16(12-17-13-26-19-9-6-5-8-18(17)19)23-22(24(25)33)27-20-15-31(10-11-32(20)23)21-14-30(2)29-28-21/h5-6,8-9,13-14,16,26H,3-4,7,10-12,15H2,1-2H3,(H2,25,33). The number of aryl methyl sites for hydroxylation is 1. The van der Waals surface area contributed by atoms with Crippen molar-refractivity contribution in [1.82, 2.24) is 29.5 Å². The summed E-state index contributed by atoms with van der Waals surface area (Å²) in [5, 5.41) is 9.51. The van der Waals surface area contributed by atoms with Crippen LogP contribution in [0, 0.1) is 0 Å². The van der Waals surface area contributed by atoms with Gasteiger partial charge in [-0.3, -0.25) is 9.48 Å². The van der Waals surface area contributed by atoms with Gasteiger partial charge in [0.1, 0.15) is 11.5 Å². The molecule has 3 N–H and O–H groups in total. The van der Waals surface area contributed by atoms with Gasteiger partial charge in [-0.15, -0.1) is 5.10 Å². The average Bonchev–Trinajstić information content (AvgIpc) is 3.53. The Hall–Kier alpha value is -3.62. The molecule has 1 unspecified atom stereocenters. The van der Waals surface area contributed by atoms with E-state index in [9.17, 15) is 4.79 Å². The number of anilines is 1. The maximum absolute atomic E-state index is 12.5. The number of para-hydroxylation sites is 1. The quantitative estimate of drug-likeness (QED) is 0.432. The van der Waals surface area contributed by atoms with Crippen molar-refractivity contribution in [1.29, 1.82) is 0 Å². The number of hydrogen-bond donors (Lipinski definition) is 2. The Morgan fingerprint density at radius 3 is 2.88 bits per heavy atom. The van der Waals surface area contributed by atoms with E-state index in [-0.39, 0.29) is 5.92 Å². The lowest BCUT2D eigenvalue weighted by atomic mass is 9.89. The van der Waals surface area contributed by atoms with Gasteiger partial charge in [-0.1, -0.05) is 43.2 Å². The highest BCUT2D eigenvalue weighted by Gasteiger charge is 2.31. The number of fused-ring (bicyclic) bond motifs is 2. The van der Waals surface area contributed by atoms with Crippen LogP contribution in [0.2, 0.25) is 0 Å². The molecule has 33 heavy (non-hydrogen) atoms. The second-order valence-corrected chi connectivity index (χ2v) is 8.85. The normalized spacial score (nSPS) is 14.5. The Morgan fingerprint density at radius 2 is 2.12 bits per heavy atom. The Morgan fingerprint density at radius 1 is 1.27 bits per heavy atom. The number of carbonyl (C=O) groups excluding carboxylic acids is 1. The molecular weight excluding hydrogens is 416 g/mol. The summed E-state index contributed by atoms with van der Waals surface area (Å²) in [5.74, 6) is 1.38. The number of carbonyl (C=O) groups is 1. The molecule has 3 aromatic heterocycles. The molecule has 1 aromatic carbocycles. The van der Waals surface area contributed by atoms with Gasteiger partial charge in [-0.2, -0.15) is 0 Å². The number of nitrogens with two attached hydrogens (primary N) is 1. The van der Waals surface area contributed by atoms with Gasteiger partial charge in [0.15, 0.2) is 5.82 Å². The molecule has 0 saturated carbocycles. The van der Waals surface area contributed by atoms with Gasteiger partial charge in [0.2, 0.25) is 0 Å². The number of aromatic amines is 1. The Kier molecular flexibility index (Phi) is 5.62. The summed E-state index contributed by atoms with van der Waals surface area (Å²) in [7, 11) is 1.85. The van der Waals surface area contributed by atoms with E-state index in [1.807, 2.05) is 19.3 Å². The number of aromatic nitrogens is 6. The monoisotopic (exact) mass is 446 g/mol. The van der Waals surface area contributed by atoms with E-state index in [4.69, 9.17) is 10.7 Å². The van der Waals surface area contributed by atoms with E-state index >= 15 is 0 Å². The summed E-state index contributed by atoms with van der Waals surface area (Å²) in [6.45, 7) is 4.29. The maximum Gasteiger partial charge on any atom is 0.269 e. The second kappa shape index (κ2) is 8.73. The summed E-state index contributed by atoms with van der Waals surface area (Å²) in [6.07, 6.45) is 7.99. The molecule has 5 rings (SSSR count). The predicted octanol–water partition coefficient (Wildman–Crippen LogP) is 3.13. The van der Waals surface area contributed by atoms with E-state index < -0.39 is 5.91 Å². The van der Waals surface area contributed by atoms with Crippen molar-refractivity contribution in [3.8, 4) is 0 Å². The molecule has 0 spiro atoms. The van der Waals surface area contributed by atoms with Gasteiger partial charge < -0.3 is 20.2 Å². The van der Waals surface area contributed by atoms with Crippen molar-refractivity contribution in [2.75, 3.05) is 11.4 Å². The van der Waals surface area contributed by atoms with Crippen molar-refractivity contribution in [3.63, 3.8) is 0 Å². The van der Waals surface area contributed by atoms with E-state index in [1.54, 1.807) is 4.68 Å². The van der Waals surface area contributed by atoms with Crippen LogP contribution >= 0.6 is 0 Å². The van der Waals surface area contributed by atoms with Crippen molar-refractivity contribution < 1.29 is 4.79 Å². The van der Waals surface area contributed by atoms with Crippen LogP contribution in [-0.2, 0) is 26.6 Å². The summed E-state index contributed by atoms with van der Waals surface area (Å²) >= 11 is 0. The van der Waals surface area contributed by atoms with Crippen LogP contribution in [0.15, 0.2) is 36.7 Å². The molecule has 1 amide bonds. The van der Waals surface area contributed by atoms with Gasteiger partial charge in [0.05, 0.1) is 18.4 Å².